The van der Waals surface area contributed by atoms with Gasteiger partial charge in [-0.15, -0.1) is 0 Å². The van der Waals surface area contributed by atoms with Crippen molar-refractivity contribution in [2.24, 2.45) is 0 Å². The molecule has 2 aromatic heterocycles. The van der Waals surface area contributed by atoms with Crippen molar-refractivity contribution in [2.45, 2.75) is 34.6 Å². The molecular weight excluding hydrogens is 520 g/mol. The van der Waals surface area contributed by atoms with E-state index in [9.17, 15) is 0 Å². The fourth-order valence-corrected chi connectivity index (χ4v) is 3.59. The summed E-state index contributed by atoms with van der Waals surface area (Å²) in [4.78, 5) is 40.8. The van der Waals surface area contributed by atoms with E-state index in [1.807, 2.05) is 45.9 Å². The highest BCUT2D eigenvalue weighted by molar-refractivity contribution is 5.86. The van der Waals surface area contributed by atoms with Crippen molar-refractivity contribution in [3.63, 3.8) is 0 Å². The second kappa shape index (κ2) is 16.5. The number of hydrogen-bond donors (Lipinski definition) is 0. The average molecular weight is 551 g/mol. The summed E-state index contributed by atoms with van der Waals surface area (Å²) in [6, 6.07) is 29.5. The molecule has 41 heavy (non-hydrogen) atoms. The van der Waals surface area contributed by atoms with Gasteiger partial charge in [0.1, 0.15) is 11.5 Å². The lowest BCUT2D eigenvalue weighted by atomic mass is 10.1. The van der Waals surface area contributed by atoms with Crippen LogP contribution in [-0.2, 0) is 19.2 Å². The number of hydrogen-bond acceptors (Lipinski definition) is 8. The van der Waals surface area contributed by atoms with Gasteiger partial charge >= 0.3 is 12.3 Å². The minimum atomic E-state index is 0.250. The fraction of sp³-hybridized carbons (Fsp3) is 0.152. The van der Waals surface area contributed by atoms with Crippen LogP contribution < -0.4 is 0 Å². The molecule has 0 aliphatic carbocycles. The number of oxazole rings is 2. The molecule has 0 atom stereocenters. The first-order chi connectivity index (χ1) is 19.7. The number of aromatic nitrogens is 2. The van der Waals surface area contributed by atoms with Gasteiger partial charge in [-0.3, -0.25) is 0 Å². The SMILES string of the molecule is Cc1ccc2ccccc2c1.Cc1nc(-c2ccc3ccccc3c2)oc1C.Cc1ncoc1C.O=C=O.O=C=O. The third-order valence-electron chi connectivity index (χ3n) is 5.92. The van der Waals surface area contributed by atoms with Crippen LogP contribution in [0.5, 0.6) is 0 Å². The van der Waals surface area contributed by atoms with Crippen molar-refractivity contribution in [3.05, 3.63) is 120 Å². The smallest absolute Gasteiger partial charge is 0.373 e. The first-order valence-electron chi connectivity index (χ1n) is 12.5. The van der Waals surface area contributed by atoms with Crippen LogP contribution in [0.2, 0.25) is 0 Å². The molecule has 0 saturated carbocycles. The molecule has 6 rings (SSSR count). The lowest BCUT2D eigenvalue weighted by Gasteiger charge is -1.99. The van der Waals surface area contributed by atoms with Gasteiger partial charge in [-0.2, -0.15) is 19.2 Å². The largest absolute Gasteiger partial charge is 0.449 e. The Bertz CT molecular complexity index is 1710. The van der Waals surface area contributed by atoms with Gasteiger partial charge in [-0.05, 0) is 68.3 Å². The molecule has 0 bridgehead atoms. The zero-order valence-electron chi connectivity index (χ0n) is 23.5. The Morgan fingerprint density at radius 2 is 1.10 bits per heavy atom. The molecule has 0 aliphatic rings. The van der Waals surface area contributed by atoms with Crippen LogP contribution >= 0.6 is 0 Å². The van der Waals surface area contributed by atoms with Crippen molar-refractivity contribution in [1.82, 2.24) is 9.97 Å². The summed E-state index contributed by atoms with van der Waals surface area (Å²) >= 11 is 0. The van der Waals surface area contributed by atoms with E-state index in [2.05, 4.69) is 83.6 Å². The van der Waals surface area contributed by atoms with Gasteiger partial charge in [0.15, 0.2) is 6.39 Å². The Kier molecular flexibility index (Phi) is 12.8. The van der Waals surface area contributed by atoms with E-state index in [0.29, 0.717) is 5.89 Å². The molecule has 208 valence electrons. The van der Waals surface area contributed by atoms with E-state index >= 15 is 0 Å². The lowest BCUT2D eigenvalue weighted by molar-refractivity contribution is -0.193. The number of nitrogens with zero attached hydrogens (tertiary/aromatic N) is 2. The molecule has 0 N–H and O–H groups in total. The second-order valence-corrected chi connectivity index (χ2v) is 8.73. The standard InChI is InChI=1S/C15H13NO.C11H10.C5H7NO.2CO2/c1-10-11(2)17-15(16-10)14-8-7-12-5-3-4-6-13(12)9-14;1-9-6-7-10-4-2-3-5-11(10)8-9;1-4-5(2)7-3-6-4;2*2-1-3/h3-9H,1-2H3;2-8H,1H3;3H,1-2H3;;. The number of benzene rings is 4. The van der Waals surface area contributed by atoms with Gasteiger partial charge in [0.05, 0.1) is 11.4 Å². The molecular formula is C33H30N2O6. The summed E-state index contributed by atoms with van der Waals surface area (Å²) in [7, 11) is 0. The van der Waals surface area contributed by atoms with Gasteiger partial charge < -0.3 is 8.83 Å². The first kappa shape index (κ1) is 31.8. The topological polar surface area (TPSA) is 120 Å². The minimum absolute atomic E-state index is 0.250. The molecule has 2 heterocycles. The van der Waals surface area contributed by atoms with Crippen LogP contribution in [0.25, 0.3) is 33.0 Å². The predicted molar refractivity (Wildman–Crippen MR) is 154 cm³/mol. The summed E-state index contributed by atoms with van der Waals surface area (Å²) in [5, 5.41) is 5.08. The van der Waals surface area contributed by atoms with Crippen molar-refractivity contribution in [1.29, 1.82) is 0 Å². The number of carbonyl (C=O) groups excluding carboxylic acids is 4. The number of fused-ring (bicyclic) bond motifs is 2. The van der Waals surface area contributed by atoms with Crippen LogP contribution in [0.1, 0.15) is 28.5 Å². The second-order valence-electron chi connectivity index (χ2n) is 8.73. The van der Waals surface area contributed by atoms with Crippen molar-refractivity contribution in [3.8, 4) is 11.5 Å². The highest BCUT2D eigenvalue weighted by Gasteiger charge is 2.08. The van der Waals surface area contributed by atoms with Gasteiger partial charge in [0, 0.05) is 5.56 Å². The maximum absolute atomic E-state index is 8.12. The summed E-state index contributed by atoms with van der Waals surface area (Å²) in [5.41, 5.74) is 4.27. The third-order valence-corrected chi connectivity index (χ3v) is 5.92. The van der Waals surface area contributed by atoms with Crippen LogP contribution in [0.4, 0.5) is 0 Å². The Labute approximate surface area is 237 Å². The van der Waals surface area contributed by atoms with E-state index in [1.165, 1.54) is 33.5 Å². The summed E-state index contributed by atoms with van der Waals surface area (Å²) in [6.45, 7) is 9.82. The first-order valence-corrected chi connectivity index (χ1v) is 12.5. The van der Waals surface area contributed by atoms with Crippen molar-refractivity contribution < 1.29 is 28.0 Å². The molecule has 0 saturated heterocycles. The number of aryl methyl sites for hydroxylation is 5. The number of rotatable bonds is 1. The van der Waals surface area contributed by atoms with Gasteiger partial charge in [-0.1, -0.05) is 78.4 Å². The molecule has 0 amide bonds. The quantitative estimate of drug-likeness (QED) is 0.208. The molecule has 6 aromatic rings. The molecule has 4 aromatic carbocycles. The maximum atomic E-state index is 8.12. The van der Waals surface area contributed by atoms with Crippen molar-refractivity contribution in [2.75, 3.05) is 0 Å². The average Bonchev–Trinajstić information content (AvgIpc) is 3.52. The Morgan fingerprint density at radius 3 is 1.54 bits per heavy atom. The van der Waals surface area contributed by atoms with E-state index in [1.54, 1.807) is 0 Å². The Morgan fingerprint density at radius 1 is 0.585 bits per heavy atom. The minimum Gasteiger partial charge on any atom is -0.449 e. The highest BCUT2D eigenvalue weighted by atomic mass is 16.4. The Hall–Kier alpha value is -5.42. The van der Waals surface area contributed by atoms with Crippen LogP contribution in [0, 0.1) is 34.6 Å². The van der Waals surface area contributed by atoms with E-state index < -0.39 is 0 Å². The summed E-state index contributed by atoms with van der Waals surface area (Å²) in [5.74, 6) is 2.49. The predicted octanol–water partition coefficient (Wildman–Crippen LogP) is 7.38. The third kappa shape index (κ3) is 10.0. The van der Waals surface area contributed by atoms with Crippen LogP contribution in [-0.4, -0.2) is 22.3 Å². The molecule has 0 unspecified atom stereocenters. The van der Waals surface area contributed by atoms with Crippen LogP contribution in [0.15, 0.2) is 100 Å². The molecule has 8 nitrogen and oxygen atoms in total. The van der Waals surface area contributed by atoms with Gasteiger partial charge in [-0.25, -0.2) is 9.97 Å². The molecule has 0 aliphatic heterocycles. The van der Waals surface area contributed by atoms with Crippen molar-refractivity contribution >= 4 is 33.8 Å². The molecule has 8 heteroatoms. The highest BCUT2D eigenvalue weighted by Crippen LogP contribution is 2.25. The zero-order valence-corrected chi connectivity index (χ0v) is 23.5. The monoisotopic (exact) mass is 550 g/mol. The molecule has 0 radical (unpaired) electrons. The fourth-order valence-electron chi connectivity index (χ4n) is 3.59. The zero-order chi connectivity index (χ0) is 30.2. The summed E-state index contributed by atoms with van der Waals surface area (Å²) in [6.07, 6.45) is 1.95. The van der Waals surface area contributed by atoms with E-state index in [4.69, 9.17) is 28.0 Å². The van der Waals surface area contributed by atoms with E-state index in [0.717, 1.165) is 28.5 Å². The van der Waals surface area contributed by atoms with Crippen LogP contribution in [0.3, 0.4) is 0 Å². The van der Waals surface area contributed by atoms with E-state index in [-0.39, 0.29) is 12.3 Å². The van der Waals surface area contributed by atoms with Gasteiger partial charge in [0.2, 0.25) is 5.89 Å². The lowest BCUT2D eigenvalue weighted by Crippen LogP contribution is -1.79. The summed E-state index contributed by atoms with van der Waals surface area (Å²) < 4.78 is 10.5. The maximum Gasteiger partial charge on any atom is 0.373 e. The molecule has 0 spiro atoms. The Balaban J connectivity index is 0.000000210. The van der Waals surface area contributed by atoms with Gasteiger partial charge in [0.25, 0.3) is 0 Å². The molecule has 0 fully saturated rings. The normalized spacial score (nSPS) is 9.29.